The fraction of sp³-hybridized carbons (Fsp3) is 0.375. The van der Waals surface area contributed by atoms with E-state index in [1.54, 1.807) is 0 Å². The van der Waals surface area contributed by atoms with E-state index in [9.17, 15) is 4.79 Å². The van der Waals surface area contributed by atoms with Gasteiger partial charge < -0.3 is 14.2 Å². The van der Waals surface area contributed by atoms with Crippen molar-refractivity contribution in [2.24, 2.45) is 0 Å². The van der Waals surface area contributed by atoms with Crippen LogP contribution in [0.2, 0.25) is 0 Å². The van der Waals surface area contributed by atoms with Gasteiger partial charge in [0.2, 0.25) is 5.91 Å². The first-order valence-electron chi connectivity index (χ1n) is 13.6. The molecule has 1 saturated heterocycles. The average molecular weight is 496 g/mol. The molecule has 3 aromatic carbocycles. The molecule has 1 atom stereocenters. The predicted molar refractivity (Wildman–Crippen MR) is 151 cm³/mol. The number of carbonyl (C=O) groups excluding carboxylic acids is 1. The van der Waals surface area contributed by atoms with Crippen molar-refractivity contribution in [3.63, 3.8) is 0 Å². The van der Waals surface area contributed by atoms with Gasteiger partial charge in [0, 0.05) is 24.6 Å². The molecule has 1 aliphatic rings. The first kappa shape index (κ1) is 25.1. The van der Waals surface area contributed by atoms with Crippen molar-refractivity contribution in [2.75, 3.05) is 18.1 Å². The van der Waals surface area contributed by atoms with Crippen molar-refractivity contribution in [3.8, 4) is 5.75 Å². The lowest BCUT2D eigenvalue weighted by molar-refractivity contribution is -0.117. The Bertz CT molecular complexity index is 1340. The summed E-state index contributed by atoms with van der Waals surface area (Å²) < 4.78 is 8.35. The molecule has 5 nitrogen and oxygen atoms in total. The van der Waals surface area contributed by atoms with Crippen LogP contribution in [0.4, 0.5) is 5.69 Å². The van der Waals surface area contributed by atoms with Crippen molar-refractivity contribution in [2.45, 2.75) is 64.8 Å². The zero-order valence-electron chi connectivity index (χ0n) is 22.2. The zero-order valence-corrected chi connectivity index (χ0v) is 22.2. The summed E-state index contributed by atoms with van der Waals surface area (Å²) in [5.74, 6) is 2.55. The van der Waals surface area contributed by atoms with Crippen LogP contribution in [0.5, 0.6) is 5.75 Å². The van der Waals surface area contributed by atoms with E-state index in [0.29, 0.717) is 32.0 Å². The van der Waals surface area contributed by atoms with Gasteiger partial charge in [0.15, 0.2) is 0 Å². The molecule has 1 amide bonds. The van der Waals surface area contributed by atoms with Crippen LogP contribution < -0.4 is 9.64 Å². The molecule has 0 radical (unpaired) electrons. The predicted octanol–water partition coefficient (Wildman–Crippen LogP) is 7.10. The molecule has 1 aromatic heterocycles. The van der Waals surface area contributed by atoms with E-state index >= 15 is 0 Å². The van der Waals surface area contributed by atoms with Gasteiger partial charge in [-0.3, -0.25) is 4.79 Å². The Morgan fingerprint density at radius 2 is 1.76 bits per heavy atom. The van der Waals surface area contributed by atoms with Crippen molar-refractivity contribution < 1.29 is 9.53 Å². The topological polar surface area (TPSA) is 47.4 Å². The van der Waals surface area contributed by atoms with Crippen molar-refractivity contribution >= 4 is 22.6 Å². The molecule has 0 spiro atoms. The normalized spacial score (nSPS) is 15.7. The number of carbonyl (C=O) groups is 1. The van der Waals surface area contributed by atoms with Crippen molar-refractivity contribution in [1.29, 1.82) is 0 Å². The molecule has 192 valence electrons. The number of rotatable bonds is 10. The standard InChI is InChI=1S/C32H37N3O2/c1-4-5-8-24-11-15-27(16-12-24)35-22-26(21-31(35)36)32-33-29-9-6-7-10-30(29)34(32)19-20-37-28-17-13-25(14-18-28)23(2)3/h6-7,9-18,23,26H,4-5,8,19-22H2,1-3H3. The minimum absolute atomic E-state index is 0.0463. The minimum atomic E-state index is 0.0463. The molecule has 1 unspecified atom stereocenters. The third kappa shape index (κ3) is 5.56. The quantitative estimate of drug-likeness (QED) is 0.236. The Hall–Kier alpha value is -3.60. The number of hydrogen-bond acceptors (Lipinski definition) is 3. The minimum Gasteiger partial charge on any atom is -0.492 e. The number of fused-ring (bicyclic) bond motifs is 1. The molecule has 1 aliphatic heterocycles. The number of ether oxygens (including phenoxy) is 1. The molecule has 5 rings (SSSR count). The summed E-state index contributed by atoms with van der Waals surface area (Å²) >= 11 is 0. The maximum Gasteiger partial charge on any atom is 0.227 e. The molecule has 2 heterocycles. The monoisotopic (exact) mass is 495 g/mol. The maximum atomic E-state index is 13.1. The molecule has 1 fully saturated rings. The van der Waals surface area contributed by atoms with Gasteiger partial charge in [-0.1, -0.05) is 63.6 Å². The van der Waals surface area contributed by atoms with Gasteiger partial charge in [-0.15, -0.1) is 0 Å². The van der Waals surface area contributed by atoms with Gasteiger partial charge in [-0.2, -0.15) is 0 Å². The van der Waals surface area contributed by atoms with Crippen LogP contribution in [-0.4, -0.2) is 28.6 Å². The van der Waals surface area contributed by atoms with Gasteiger partial charge in [0.1, 0.15) is 18.2 Å². The van der Waals surface area contributed by atoms with Crippen LogP contribution in [0, 0.1) is 0 Å². The van der Waals surface area contributed by atoms with E-state index in [0.717, 1.165) is 34.7 Å². The molecule has 0 aliphatic carbocycles. The van der Waals surface area contributed by atoms with Crippen LogP contribution >= 0.6 is 0 Å². The summed E-state index contributed by atoms with van der Waals surface area (Å²) in [7, 11) is 0. The molecular weight excluding hydrogens is 458 g/mol. The van der Waals surface area contributed by atoms with Crippen molar-refractivity contribution in [1.82, 2.24) is 9.55 Å². The van der Waals surface area contributed by atoms with E-state index in [1.165, 1.54) is 24.0 Å². The summed E-state index contributed by atoms with van der Waals surface area (Å²) in [6, 6.07) is 25.1. The van der Waals surface area contributed by atoms with Gasteiger partial charge in [0.25, 0.3) is 0 Å². The third-order valence-corrected chi connectivity index (χ3v) is 7.37. The number of aromatic nitrogens is 2. The summed E-state index contributed by atoms with van der Waals surface area (Å²) in [5, 5.41) is 0. The van der Waals surface area contributed by atoms with Crippen LogP contribution in [0.1, 0.15) is 68.8 Å². The van der Waals surface area contributed by atoms with E-state index in [1.807, 2.05) is 35.2 Å². The second kappa shape index (κ2) is 11.2. The number of aryl methyl sites for hydroxylation is 1. The lowest BCUT2D eigenvalue weighted by atomic mass is 10.0. The molecule has 0 bridgehead atoms. The van der Waals surface area contributed by atoms with E-state index in [2.05, 4.69) is 67.8 Å². The molecule has 37 heavy (non-hydrogen) atoms. The van der Waals surface area contributed by atoms with E-state index < -0.39 is 0 Å². The smallest absolute Gasteiger partial charge is 0.227 e. The summed E-state index contributed by atoms with van der Waals surface area (Å²) in [4.78, 5) is 20.0. The largest absolute Gasteiger partial charge is 0.492 e. The number of para-hydroxylation sites is 2. The molecule has 4 aromatic rings. The Balaban J connectivity index is 1.32. The Kier molecular flexibility index (Phi) is 7.59. The zero-order chi connectivity index (χ0) is 25.8. The van der Waals surface area contributed by atoms with Crippen LogP contribution in [-0.2, 0) is 17.8 Å². The third-order valence-electron chi connectivity index (χ3n) is 7.37. The second-order valence-electron chi connectivity index (χ2n) is 10.4. The fourth-order valence-corrected chi connectivity index (χ4v) is 5.20. The highest BCUT2D eigenvalue weighted by Crippen LogP contribution is 2.33. The highest BCUT2D eigenvalue weighted by molar-refractivity contribution is 5.96. The lowest BCUT2D eigenvalue weighted by Crippen LogP contribution is -2.24. The molecule has 0 N–H and O–H groups in total. The second-order valence-corrected chi connectivity index (χ2v) is 10.4. The number of amides is 1. The first-order chi connectivity index (χ1) is 18.0. The number of nitrogens with zero attached hydrogens (tertiary/aromatic N) is 3. The number of unbranched alkanes of at least 4 members (excludes halogenated alkanes) is 1. The van der Waals surface area contributed by atoms with Gasteiger partial charge >= 0.3 is 0 Å². The average Bonchev–Trinajstić information content (AvgIpc) is 3.48. The Labute approximate surface area is 220 Å². The highest BCUT2D eigenvalue weighted by Gasteiger charge is 2.34. The molecule has 5 heteroatoms. The SMILES string of the molecule is CCCCc1ccc(N2CC(c3nc4ccccc4n3CCOc3ccc(C(C)C)cc3)CC2=O)cc1. The summed E-state index contributed by atoms with van der Waals surface area (Å²) in [6.45, 7) is 8.46. The number of imidazole rings is 1. The summed E-state index contributed by atoms with van der Waals surface area (Å²) in [6.07, 6.45) is 3.93. The van der Waals surface area contributed by atoms with E-state index in [4.69, 9.17) is 9.72 Å². The van der Waals surface area contributed by atoms with Gasteiger partial charge in [-0.05, 0) is 66.3 Å². The fourth-order valence-electron chi connectivity index (χ4n) is 5.20. The number of anilines is 1. The van der Waals surface area contributed by atoms with Gasteiger partial charge in [-0.25, -0.2) is 4.98 Å². The van der Waals surface area contributed by atoms with E-state index in [-0.39, 0.29) is 11.8 Å². The summed E-state index contributed by atoms with van der Waals surface area (Å²) in [5.41, 5.74) is 5.66. The molecular formula is C32H37N3O2. The number of benzene rings is 3. The Morgan fingerprint density at radius 1 is 1.00 bits per heavy atom. The maximum absolute atomic E-state index is 13.1. The van der Waals surface area contributed by atoms with Crippen LogP contribution in [0.25, 0.3) is 11.0 Å². The van der Waals surface area contributed by atoms with Crippen molar-refractivity contribution in [3.05, 3.63) is 89.7 Å². The number of hydrogen-bond donors (Lipinski definition) is 0. The van der Waals surface area contributed by atoms with Crippen LogP contribution in [0.3, 0.4) is 0 Å². The van der Waals surface area contributed by atoms with Gasteiger partial charge in [0.05, 0.1) is 17.6 Å². The lowest BCUT2D eigenvalue weighted by Gasteiger charge is -2.18. The Morgan fingerprint density at radius 3 is 2.49 bits per heavy atom. The first-order valence-corrected chi connectivity index (χ1v) is 13.6. The highest BCUT2D eigenvalue weighted by atomic mass is 16.5. The van der Waals surface area contributed by atoms with Crippen LogP contribution in [0.15, 0.2) is 72.8 Å². The molecule has 0 saturated carbocycles.